The molecule has 0 unspecified atom stereocenters. The first-order valence-electron chi connectivity index (χ1n) is 21.6. The van der Waals surface area contributed by atoms with Crippen LogP contribution in [0.3, 0.4) is 0 Å². The molecule has 55 heavy (non-hydrogen) atoms. The fraction of sp³-hybridized carbons (Fsp3) is 0.229. The first-order chi connectivity index (χ1) is 28.5. The van der Waals surface area contributed by atoms with Crippen LogP contribution in [0.1, 0.15) is 84.2 Å². The van der Waals surface area contributed by atoms with Crippen LogP contribution >= 0.6 is 0 Å². The van der Waals surface area contributed by atoms with Gasteiger partial charge in [0.05, 0.1) is 0 Å². The Hall–Kier alpha value is -5.06. The standard InChI is InChI=1S/C37H41N4.C11H7N2.Pt/c1-24(2)27-19-31(25(3)4)37(32(20-27)26(5)6)28-17-29(40-22-38(7)33-13-9-11-15-35(33)40)21-30(18-28)41-23-39(8)34-14-10-12-16-36(34)41;1-2-4-10-8(3-1)9-5-6-12-7-11(9)13-10;/h9-20,22-26H,1-8H3;1-7H;/q-3;-1;+4/i7D3,8D3;;. The molecular formula is C48H48N6Pt. The van der Waals surface area contributed by atoms with Gasteiger partial charge in [-0.05, 0) is 95.1 Å². The van der Waals surface area contributed by atoms with E-state index < -0.39 is 14.0 Å². The van der Waals surface area contributed by atoms with Gasteiger partial charge in [0.2, 0.25) is 0 Å². The van der Waals surface area contributed by atoms with E-state index in [1.165, 1.54) is 37.3 Å². The number of anilines is 6. The Morgan fingerprint density at radius 1 is 0.618 bits per heavy atom. The largest absolute Gasteiger partial charge is 4.00 e. The SMILES string of the molecule is [2H]C([2H])([2H])N1[CH-]N(c2[c-]c(N3[CH-]N(C([2H])([2H])[2H])c4ccccc43)cc(-c3c(C(C)C)cc(C(C)C)cc3C(C)C)c2)c2ccccc21.[Pt+4].c1ccc2c(c1)[n-]c1cnccc12. The molecule has 6 nitrogen and oxygen atoms in total. The Labute approximate surface area is 349 Å². The Balaban J connectivity index is 0.000000337. The number of benzene rings is 5. The molecule has 0 N–H and O–H groups in total. The fourth-order valence-electron chi connectivity index (χ4n) is 7.47. The number of pyridine rings is 1. The third-order valence-corrected chi connectivity index (χ3v) is 10.3. The van der Waals surface area contributed by atoms with Crippen molar-refractivity contribution in [3.05, 3.63) is 152 Å². The topological polar surface area (TPSA) is 40.0 Å². The van der Waals surface area contributed by atoms with Crippen LogP contribution < -0.4 is 24.6 Å². The molecule has 7 heteroatoms. The third kappa shape index (κ3) is 7.13. The summed E-state index contributed by atoms with van der Waals surface area (Å²) < 4.78 is 49.5. The summed E-state index contributed by atoms with van der Waals surface area (Å²) in [6.07, 6.45) is 3.60. The molecule has 0 spiro atoms. The van der Waals surface area contributed by atoms with E-state index >= 15 is 0 Å². The Kier molecular flexibility index (Phi) is 8.84. The maximum Gasteiger partial charge on any atom is 4.00 e. The maximum atomic E-state index is 8.25. The minimum Gasteiger partial charge on any atom is -0.656 e. The van der Waals surface area contributed by atoms with E-state index in [4.69, 9.17) is 8.22 Å². The van der Waals surface area contributed by atoms with Gasteiger partial charge in [-0.15, -0.1) is 46.2 Å². The van der Waals surface area contributed by atoms with Crippen LogP contribution in [0, 0.1) is 19.4 Å². The van der Waals surface area contributed by atoms with Crippen molar-refractivity contribution in [3.63, 3.8) is 0 Å². The van der Waals surface area contributed by atoms with Gasteiger partial charge in [0.15, 0.2) is 0 Å². The second kappa shape index (κ2) is 15.6. The Bertz CT molecular complexity index is 2520. The molecule has 0 bridgehead atoms. The molecule has 0 amide bonds. The van der Waals surface area contributed by atoms with Gasteiger partial charge in [-0.2, -0.15) is 13.3 Å². The van der Waals surface area contributed by atoms with Crippen molar-refractivity contribution in [2.24, 2.45) is 0 Å². The van der Waals surface area contributed by atoms with Crippen molar-refractivity contribution < 1.29 is 29.3 Å². The quantitative estimate of drug-likeness (QED) is 0.155. The molecule has 2 aliphatic heterocycles. The number of hydrogen-bond donors (Lipinski definition) is 0. The summed E-state index contributed by atoms with van der Waals surface area (Å²) in [4.78, 5) is 14.9. The van der Waals surface area contributed by atoms with Crippen molar-refractivity contribution in [1.29, 1.82) is 0 Å². The summed E-state index contributed by atoms with van der Waals surface area (Å²) in [5, 5.41) is 2.39. The predicted octanol–water partition coefficient (Wildman–Crippen LogP) is 12.3. The average Bonchev–Trinajstić information content (AvgIpc) is 3.92. The number of para-hydroxylation sites is 5. The molecule has 0 saturated heterocycles. The van der Waals surface area contributed by atoms with E-state index in [2.05, 4.69) is 87.9 Å². The van der Waals surface area contributed by atoms with Crippen molar-refractivity contribution in [2.45, 2.75) is 59.3 Å². The zero-order valence-electron chi connectivity index (χ0n) is 37.9. The van der Waals surface area contributed by atoms with Crippen LogP contribution in [0.15, 0.2) is 116 Å². The van der Waals surface area contributed by atoms with Crippen molar-refractivity contribution >= 4 is 55.9 Å². The summed E-state index contributed by atoms with van der Waals surface area (Å²) in [7, 11) is 0. The Morgan fingerprint density at radius 2 is 1.13 bits per heavy atom. The smallest absolute Gasteiger partial charge is 0.656 e. The van der Waals surface area contributed by atoms with Crippen LogP contribution in [0.2, 0.25) is 0 Å². The third-order valence-electron chi connectivity index (χ3n) is 10.3. The van der Waals surface area contributed by atoms with Gasteiger partial charge in [0, 0.05) is 43.4 Å². The molecule has 0 radical (unpaired) electrons. The van der Waals surface area contributed by atoms with Crippen molar-refractivity contribution in [2.75, 3.05) is 33.6 Å². The van der Waals surface area contributed by atoms with Gasteiger partial charge in [-0.1, -0.05) is 102 Å². The van der Waals surface area contributed by atoms with Gasteiger partial charge in [-0.3, -0.25) is 4.98 Å². The van der Waals surface area contributed by atoms with E-state index in [0.717, 1.165) is 33.5 Å². The number of nitrogens with zero attached hydrogens (tertiary/aromatic N) is 6. The van der Waals surface area contributed by atoms with E-state index in [9.17, 15) is 0 Å². The van der Waals surface area contributed by atoms with E-state index in [1.54, 1.807) is 37.9 Å². The van der Waals surface area contributed by atoms with Crippen LogP contribution in [-0.4, -0.2) is 18.9 Å². The normalized spacial score (nSPS) is 15.6. The predicted molar refractivity (Wildman–Crippen MR) is 228 cm³/mol. The van der Waals surface area contributed by atoms with Crippen LogP contribution in [-0.2, 0) is 21.1 Å². The molecule has 280 valence electrons. The maximum absolute atomic E-state index is 8.25. The first-order valence-corrected chi connectivity index (χ1v) is 18.6. The van der Waals surface area contributed by atoms with Gasteiger partial charge in [0.1, 0.15) is 0 Å². The molecule has 4 heterocycles. The van der Waals surface area contributed by atoms with E-state index in [1.807, 2.05) is 70.5 Å². The number of rotatable bonds is 6. The average molecular weight is 910 g/mol. The summed E-state index contributed by atoms with van der Waals surface area (Å²) in [5.74, 6) is 0.817. The molecule has 0 aliphatic carbocycles. The molecule has 2 aliphatic rings. The van der Waals surface area contributed by atoms with E-state index in [0.29, 0.717) is 28.7 Å². The van der Waals surface area contributed by atoms with Gasteiger partial charge in [0.25, 0.3) is 0 Å². The zero-order chi connectivity index (χ0) is 42.7. The van der Waals surface area contributed by atoms with Crippen LogP contribution in [0.25, 0.3) is 32.9 Å². The first kappa shape index (κ1) is 31.2. The van der Waals surface area contributed by atoms with Crippen molar-refractivity contribution in [3.8, 4) is 11.1 Å². The minimum atomic E-state index is -2.39. The fourth-order valence-corrected chi connectivity index (χ4v) is 7.47. The summed E-state index contributed by atoms with van der Waals surface area (Å²) in [6, 6.07) is 37.4. The van der Waals surface area contributed by atoms with Crippen LogP contribution in [0.5, 0.6) is 0 Å². The molecule has 0 atom stereocenters. The summed E-state index contributed by atoms with van der Waals surface area (Å²) >= 11 is 0. The summed E-state index contributed by atoms with van der Waals surface area (Å²) in [5.41, 5.74) is 11.7. The van der Waals surface area contributed by atoms with Crippen LogP contribution in [0.4, 0.5) is 34.1 Å². The minimum absolute atomic E-state index is 0. The number of hydrogen-bond acceptors (Lipinski definition) is 5. The molecule has 5 aromatic carbocycles. The molecule has 7 aromatic rings. The van der Waals surface area contributed by atoms with Gasteiger partial charge >= 0.3 is 21.1 Å². The Morgan fingerprint density at radius 3 is 1.65 bits per heavy atom. The van der Waals surface area contributed by atoms with Gasteiger partial charge < -0.3 is 24.6 Å². The summed E-state index contributed by atoms with van der Waals surface area (Å²) in [6.45, 7) is 11.7. The number of aromatic nitrogens is 2. The molecule has 9 rings (SSSR count). The van der Waals surface area contributed by atoms with Gasteiger partial charge in [-0.25, -0.2) is 0 Å². The molecular weight excluding hydrogens is 856 g/mol. The monoisotopic (exact) mass is 909 g/mol. The molecule has 0 saturated carbocycles. The van der Waals surface area contributed by atoms with Crippen molar-refractivity contribution in [1.82, 2.24) is 9.97 Å². The second-order valence-corrected chi connectivity index (χ2v) is 14.9. The zero-order valence-corrected chi connectivity index (χ0v) is 34.1. The molecule has 0 fully saturated rings. The van der Waals surface area contributed by atoms with E-state index in [-0.39, 0.29) is 32.9 Å². The molecule has 2 aromatic heterocycles. The second-order valence-electron chi connectivity index (χ2n) is 14.9. The number of fused-ring (bicyclic) bond motifs is 5.